The first kappa shape index (κ1) is 36.6. The number of likely N-dealkylation sites (N-methyl/N-ethyl adjacent to an activating group) is 1. The van der Waals surface area contributed by atoms with Gasteiger partial charge in [-0.1, -0.05) is 38.2 Å². The monoisotopic (exact) mass is 616 g/mol. The van der Waals surface area contributed by atoms with Gasteiger partial charge in [-0.05, 0) is 52.3 Å². The van der Waals surface area contributed by atoms with Gasteiger partial charge in [0.05, 0.1) is 23.6 Å². The van der Waals surface area contributed by atoms with E-state index in [0.717, 1.165) is 6.08 Å². The molecule has 0 aromatic rings. The predicted molar refractivity (Wildman–Crippen MR) is 166 cm³/mol. The van der Waals surface area contributed by atoms with Gasteiger partial charge in [-0.2, -0.15) is 0 Å². The molecule has 2 rings (SSSR count). The standard InChI is InChI=1S/C32H48N4O8/c1-18-14-22-27(34-12-13-36(5)6)24(37)17-23(29(22)39)35-31(40)19(2)10-9-11-25(42-7)30(44-32(33)41)21(4)16-20(3)28(38)26(15-18)43-8/h9-11,16-18,20,25-26,28,30,34,38H,12-15H2,1-8H3,(H2,33,41)(H,35,40)/b11-9-,19-10+,21-16+/t18-,20+,25-,26+,28-,30+/m1/s1. The first-order chi connectivity index (χ1) is 20.7. The molecule has 2 bridgehead atoms. The van der Waals surface area contributed by atoms with Gasteiger partial charge >= 0.3 is 6.09 Å². The number of carbonyl (C=O) groups is 4. The zero-order valence-electron chi connectivity index (χ0n) is 27.0. The van der Waals surface area contributed by atoms with Gasteiger partial charge in [-0.3, -0.25) is 14.4 Å². The highest BCUT2D eigenvalue weighted by Gasteiger charge is 2.33. The molecule has 0 aromatic carbocycles. The molecule has 0 saturated heterocycles. The molecule has 6 atom stereocenters. The molecule has 244 valence electrons. The molecule has 0 radical (unpaired) electrons. The van der Waals surface area contributed by atoms with Crippen LogP contribution in [0.15, 0.2) is 58.5 Å². The second-order valence-corrected chi connectivity index (χ2v) is 11.7. The first-order valence-electron chi connectivity index (χ1n) is 14.7. The number of hydrogen-bond donors (Lipinski definition) is 4. The van der Waals surface area contributed by atoms with Crippen molar-refractivity contribution in [2.75, 3.05) is 41.4 Å². The number of aliphatic hydroxyl groups excluding tert-OH is 1. The van der Waals surface area contributed by atoms with E-state index >= 15 is 0 Å². The number of primary amides is 1. The Bertz CT molecular complexity index is 1230. The molecule has 1 heterocycles. The third-order valence-corrected chi connectivity index (χ3v) is 7.65. The quantitative estimate of drug-likeness (QED) is 0.245. The summed E-state index contributed by atoms with van der Waals surface area (Å²) in [6.07, 6.45) is 3.88. The number of fused-ring (bicyclic) bond motifs is 2. The third kappa shape index (κ3) is 10.3. The number of rotatable bonds is 7. The summed E-state index contributed by atoms with van der Waals surface area (Å²) in [5.41, 5.74) is 6.55. The van der Waals surface area contributed by atoms with Gasteiger partial charge in [0.2, 0.25) is 11.6 Å². The molecule has 5 N–H and O–H groups in total. The number of aliphatic hydroxyl groups is 1. The predicted octanol–water partition coefficient (Wildman–Crippen LogP) is 1.91. The van der Waals surface area contributed by atoms with Crippen LogP contribution in [0.2, 0.25) is 0 Å². The number of allylic oxidation sites excluding steroid dienone is 4. The molecule has 1 aliphatic heterocycles. The molecule has 1 aliphatic carbocycles. The minimum atomic E-state index is -0.997. The molecule has 2 amide bonds. The lowest BCUT2D eigenvalue weighted by Gasteiger charge is -2.30. The number of Topliss-reactive ketones (excluding diaryl/α,β-unsaturated/α-hetero) is 1. The smallest absolute Gasteiger partial charge is 0.405 e. The summed E-state index contributed by atoms with van der Waals surface area (Å²) in [6.45, 7) is 8.09. The number of ketones is 2. The van der Waals surface area contributed by atoms with E-state index in [1.54, 1.807) is 32.1 Å². The zero-order valence-corrected chi connectivity index (χ0v) is 27.0. The maximum atomic E-state index is 13.7. The van der Waals surface area contributed by atoms with Crippen LogP contribution < -0.4 is 16.4 Å². The number of carbonyl (C=O) groups excluding carboxylic acids is 4. The maximum absolute atomic E-state index is 13.7. The van der Waals surface area contributed by atoms with E-state index in [1.165, 1.54) is 20.3 Å². The minimum Gasteiger partial charge on any atom is -0.439 e. The zero-order chi connectivity index (χ0) is 33.1. The van der Waals surface area contributed by atoms with Gasteiger partial charge in [0.1, 0.15) is 6.10 Å². The van der Waals surface area contributed by atoms with Crippen molar-refractivity contribution in [3.63, 3.8) is 0 Å². The normalized spacial score (nSPS) is 31.0. The number of hydrogen-bond acceptors (Lipinski definition) is 10. The summed E-state index contributed by atoms with van der Waals surface area (Å²) in [4.78, 5) is 53.7. The van der Waals surface area contributed by atoms with E-state index < -0.39 is 53.9 Å². The molecule has 2 aliphatic rings. The van der Waals surface area contributed by atoms with Gasteiger partial charge in [0.15, 0.2) is 6.10 Å². The second-order valence-electron chi connectivity index (χ2n) is 11.7. The van der Waals surface area contributed by atoms with Crippen LogP contribution in [0, 0.1) is 11.8 Å². The maximum Gasteiger partial charge on any atom is 0.405 e. The van der Waals surface area contributed by atoms with Crippen molar-refractivity contribution in [2.24, 2.45) is 17.6 Å². The van der Waals surface area contributed by atoms with Crippen LogP contribution in [0.5, 0.6) is 0 Å². The Morgan fingerprint density at radius 3 is 2.43 bits per heavy atom. The molecule has 0 aromatic heterocycles. The van der Waals surface area contributed by atoms with Gasteiger partial charge in [0, 0.05) is 50.4 Å². The Kier molecular flexibility index (Phi) is 14.2. The second kappa shape index (κ2) is 17.0. The van der Waals surface area contributed by atoms with Crippen LogP contribution in [0.3, 0.4) is 0 Å². The van der Waals surface area contributed by atoms with Gasteiger partial charge in [-0.25, -0.2) is 4.79 Å². The van der Waals surface area contributed by atoms with Crippen LogP contribution in [-0.4, -0.2) is 99.4 Å². The molecule has 0 saturated carbocycles. The molecule has 0 spiro atoms. The fourth-order valence-corrected chi connectivity index (χ4v) is 5.18. The van der Waals surface area contributed by atoms with Crippen LogP contribution in [0.4, 0.5) is 4.79 Å². The van der Waals surface area contributed by atoms with Crippen LogP contribution >= 0.6 is 0 Å². The van der Waals surface area contributed by atoms with Crippen LogP contribution in [0.1, 0.15) is 40.5 Å². The SMILES string of the molecule is CO[C@H]1C[C@H](C)CC2=C(NCCN(C)C)C(=O)C=C(NC(=O)/C(C)=C/C=C\[C@@H](OC)[C@@H](OC(N)=O)/C(C)=C/[C@H](C)[C@H]1O)C2=O. The fourth-order valence-electron chi connectivity index (χ4n) is 5.18. The third-order valence-electron chi connectivity index (χ3n) is 7.65. The number of nitrogens with one attached hydrogen (secondary N) is 2. The number of nitrogens with two attached hydrogens (primary N) is 1. The summed E-state index contributed by atoms with van der Waals surface area (Å²) in [6, 6.07) is 0. The Morgan fingerprint density at radius 1 is 1.16 bits per heavy atom. The highest BCUT2D eigenvalue weighted by Crippen LogP contribution is 2.28. The Hall–Kier alpha value is -3.58. The highest BCUT2D eigenvalue weighted by atomic mass is 16.6. The van der Waals surface area contributed by atoms with E-state index in [0.29, 0.717) is 25.1 Å². The van der Waals surface area contributed by atoms with Crippen molar-refractivity contribution < 1.29 is 38.5 Å². The molecule has 12 heteroatoms. The van der Waals surface area contributed by atoms with Gasteiger partial charge in [0.25, 0.3) is 5.91 Å². The topological polar surface area (TPSA) is 170 Å². The lowest BCUT2D eigenvalue weighted by Crippen LogP contribution is -2.38. The molecule has 0 fully saturated rings. The lowest BCUT2D eigenvalue weighted by atomic mass is 9.85. The molecular formula is C32H48N4O8. The first-order valence-corrected chi connectivity index (χ1v) is 14.7. The average Bonchev–Trinajstić information content (AvgIpc) is 2.95. The summed E-state index contributed by atoms with van der Waals surface area (Å²) < 4.78 is 16.6. The van der Waals surface area contributed by atoms with Crippen molar-refractivity contribution in [3.05, 3.63) is 58.5 Å². The number of amides is 2. The van der Waals surface area contributed by atoms with E-state index in [9.17, 15) is 24.3 Å². The lowest BCUT2D eigenvalue weighted by molar-refractivity contribution is -0.120. The number of nitrogens with zero attached hydrogens (tertiary/aromatic N) is 1. The van der Waals surface area contributed by atoms with Crippen LogP contribution in [0.25, 0.3) is 0 Å². The van der Waals surface area contributed by atoms with Crippen molar-refractivity contribution >= 4 is 23.6 Å². The molecule has 44 heavy (non-hydrogen) atoms. The van der Waals surface area contributed by atoms with E-state index in [1.807, 2.05) is 32.8 Å². The Labute approximate surface area is 260 Å². The molecular weight excluding hydrogens is 568 g/mol. The largest absolute Gasteiger partial charge is 0.439 e. The minimum absolute atomic E-state index is 0.114. The number of ether oxygens (including phenoxy) is 3. The Balaban J connectivity index is 2.60. The Morgan fingerprint density at radius 2 is 1.84 bits per heavy atom. The van der Waals surface area contributed by atoms with Crippen molar-refractivity contribution in [3.8, 4) is 0 Å². The summed E-state index contributed by atoms with van der Waals surface area (Å²) in [5, 5.41) is 17.0. The van der Waals surface area contributed by atoms with Crippen LogP contribution in [-0.2, 0) is 28.6 Å². The molecule has 12 nitrogen and oxygen atoms in total. The van der Waals surface area contributed by atoms with E-state index in [-0.39, 0.29) is 34.9 Å². The highest BCUT2D eigenvalue weighted by molar-refractivity contribution is 6.23. The summed E-state index contributed by atoms with van der Waals surface area (Å²) >= 11 is 0. The van der Waals surface area contributed by atoms with E-state index in [2.05, 4.69) is 10.6 Å². The fraction of sp³-hybridized carbons (Fsp3) is 0.562. The van der Waals surface area contributed by atoms with Gasteiger partial charge < -0.3 is 40.6 Å². The molecule has 0 unspecified atom stereocenters. The van der Waals surface area contributed by atoms with Crippen molar-refractivity contribution in [2.45, 2.75) is 65.0 Å². The number of methoxy groups -OCH3 is 2. The summed E-state index contributed by atoms with van der Waals surface area (Å²) in [5.74, 6) is -2.06. The summed E-state index contributed by atoms with van der Waals surface area (Å²) in [7, 11) is 6.74. The van der Waals surface area contributed by atoms with Crippen molar-refractivity contribution in [1.29, 1.82) is 0 Å². The van der Waals surface area contributed by atoms with E-state index in [4.69, 9.17) is 19.9 Å². The van der Waals surface area contributed by atoms with Gasteiger partial charge in [-0.15, -0.1) is 0 Å². The van der Waals surface area contributed by atoms with Crippen molar-refractivity contribution in [1.82, 2.24) is 15.5 Å². The average molecular weight is 617 g/mol.